The van der Waals surface area contributed by atoms with Crippen LogP contribution in [0.25, 0.3) is 0 Å². The Morgan fingerprint density at radius 3 is 2.10 bits per heavy atom. The van der Waals surface area contributed by atoms with Crippen LogP contribution in [0.1, 0.15) is 48.0 Å². The van der Waals surface area contributed by atoms with Gasteiger partial charge >= 0.3 is 0 Å². The van der Waals surface area contributed by atoms with Gasteiger partial charge in [-0.05, 0) is 80.4 Å². The Bertz CT molecular complexity index is 579. The third-order valence-electron chi connectivity index (χ3n) is 6.04. The van der Waals surface area contributed by atoms with Crippen LogP contribution in [-0.4, -0.2) is 5.78 Å². The van der Waals surface area contributed by atoms with Gasteiger partial charge in [-0.15, -0.1) is 0 Å². The predicted octanol–water partition coefficient (Wildman–Crippen LogP) is 4.53. The average molecular weight is 290 g/mol. The molecule has 4 aliphatic carbocycles. The highest BCUT2D eigenvalue weighted by Gasteiger charge is 2.51. The van der Waals surface area contributed by atoms with Gasteiger partial charge in [0.15, 0.2) is 5.78 Å². The van der Waals surface area contributed by atoms with E-state index in [1.165, 1.54) is 13.3 Å². The third kappa shape index (κ3) is 2.04. The summed E-state index contributed by atoms with van der Waals surface area (Å²) in [5, 5.41) is 0. The van der Waals surface area contributed by atoms with Crippen LogP contribution in [0.4, 0.5) is 8.78 Å². The molecule has 4 saturated carbocycles. The number of hydrogen-bond donors (Lipinski definition) is 0. The molecular weight excluding hydrogens is 270 g/mol. The van der Waals surface area contributed by atoms with E-state index in [1.807, 2.05) is 0 Å². The van der Waals surface area contributed by atoms with Gasteiger partial charge in [-0.1, -0.05) is 0 Å². The number of Topliss-reactive ketones (excluding diaryl/α,β-unsaturated/α-hetero) is 1. The number of carbonyl (C=O) groups is 1. The summed E-state index contributed by atoms with van der Waals surface area (Å²) in [6.45, 7) is 1.52. The first-order chi connectivity index (χ1) is 10.0. The van der Waals surface area contributed by atoms with Crippen LogP contribution >= 0.6 is 0 Å². The normalized spacial score (nSPS) is 37.0. The number of rotatable bonds is 2. The molecule has 0 aromatic heterocycles. The minimum absolute atomic E-state index is 0.0319. The van der Waals surface area contributed by atoms with Crippen molar-refractivity contribution in [1.82, 2.24) is 0 Å². The molecule has 3 heteroatoms. The smallest absolute Gasteiger partial charge is 0.169 e. The summed E-state index contributed by atoms with van der Waals surface area (Å²) in [5.41, 5.74) is 0.227. The van der Waals surface area contributed by atoms with E-state index in [4.69, 9.17) is 0 Å². The van der Waals surface area contributed by atoms with Gasteiger partial charge in [0.1, 0.15) is 11.6 Å². The van der Waals surface area contributed by atoms with Crippen LogP contribution in [0.5, 0.6) is 0 Å². The summed E-state index contributed by atoms with van der Waals surface area (Å²) in [6, 6.07) is 2.26. The lowest BCUT2D eigenvalue weighted by atomic mass is 9.51. The highest BCUT2D eigenvalue weighted by Crippen LogP contribution is 2.57. The lowest BCUT2D eigenvalue weighted by Gasteiger charge is -2.53. The van der Waals surface area contributed by atoms with Crippen LogP contribution < -0.4 is 0 Å². The molecule has 4 aliphatic rings. The topological polar surface area (TPSA) is 17.1 Å². The van der Waals surface area contributed by atoms with Gasteiger partial charge in [0.2, 0.25) is 0 Å². The molecule has 5 rings (SSSR count). The molecular formula is C18H20F2O. The average Bonchev–Trinajstić information content (AvgIpc) is 2.41. The number of ketones is 1. The van der Waals surface area contributed by atoms with Crippen molar-refractivity contribution in [2.75, 3.05) is 0 Å². The molecule has 0 heterocycles. The number of carbonyl (C=O) groups excluding carboxylic acids is 1. The summed E-state index contributed by atoms with van der Waals surface area (Å²) >= 11 is 0. The zero-order chi connectivity index (χ0) is 14.7. The predicted molar refractivity (Wildman–Crippen MR) is 76.0 cm³/mol. The summed E-state index contributed by atoms with van der Waals surface area (Å²) in [5.74, 6) is 1.08. The fourth-order valence-corrected chi connectivity index (χ4v) is 5.37. The maximum absolute atomic E-state index is 14.1. The summed E-state index contributed by atoms with van der Waals surface area (Å²) in [6.07, 6.45) is 5.76. The second-order valence-corrected chi connectivity index (χ2v) is 7.40. The SMILES string of the molecule is Cc1cc(F)c(C(=O)C2C3CC4CC(C3)CC2C4)cc1F. The molecule has 4 bridgehead atoms. The summed E-state index contributed by atoms with van der Waals surface area (Å²) in [7, 11) is 0. The van der Waals surface area contributed by atoms with Crippen molar-refractivity contribution in [2.24, 2.45) is 29.6 Å². The molecule has 0 aliphatic heterocycles. The van der Waals surface area contributed by atoms with Crippen molar-refractivity contribution in [3.05, 3.63) is 34.9 Å². The fraction of sp³-hybridized carbons (Fsp3) is 0.611. The molecule has 0 unspecified atom stereocenters. The standard InChI is InChI=1S/C18H20F2O/c1-9-2-16(20)14(8-15(9)19)18(21)17-12-4-10-3-11(6-12)7-13(17)5-10/h2,8,10-13,17H,3-7H2,1H3. The molecule has 112 valence electrons. The van der Waals surface area contributed by atoms with Gasteiger partial charge in [0.05, 0.1) is 5.56 Å². The maximum atomic E-state index is 14.1. The molecule has 0 saturated heterocycles. The minimum atomic E-state index is -0.562. The van der Waals surface area contributed by atoms with E-state index in [9.17, 15) is 13.6 Å². The van der Waals surface area contributed by atoms with Crippen molar-refractivity contribution < 1.29 is 13.6 Å². The Labute approximate surface area is 123 Å². The Kier molecular flexibility index (Phi) is 2.95. The molecule has 0 radical (unpaired) electrons. The lowest BCUT2D eigenvalue weighted by Crippen LogP contribution is -2.48. The fourth-order valence-electron chi connectivity index (χ4n) is 5.37. The monoisotopic (exact) mass is 290 g/mol. The highest BCUT2D eigenvalue weighted by molar-refractivity contribution is 5.98. The van der Waals surface area contributed by atoms with Crippen LogP contribution in [-0.2, 0) is 0 Å². The number of halogens is 2. The molecule has 1 nitrogen and oxygen atoms in total. The summed E-state index contributed by atoms with van der Waals surface area (Å²) < 4.78 is 27.8. The van der Waals surface area contributed by atoms with E-state index in [0.717, 1.165) is 49.7 Å². The largest absolute Gasteiger partial charge is 0.294 e. The first-order valence-electron chi connectivity index (χ1n) is 8.02. The summed E-state index contributed by atoms with van der Waals surface area (Å²) in [4.78, 5) is 12.8. The number of hydrogen-bond acceptors (Lipinski definition) is 1. The van der Waals surface area contributed by atoms with E-state index in [-0.39, 0.29) is 22.8 Å². The second kappa shape index (κ2) is 4.62. The van der Waals surface area contributed by atoms with Crippen LogP contribution in [0.3, 0.4) is 0 Å². The zero-order valence-corrected chi connectivity index (χ0v) is 12.2. The van der Waals surface area contributed by atoms with Gasteiger partial charge < -0.3 is 0 Å². The van der Waals surface area contributed by atoms with E-state index in [2.05, 4.69) is 0 Å². The van der Waals surface area contributed by atoms with Crippen LogP contribution in [0, 0.1) is 48.1 Å². The van der Waals surface area contributed by atoms with Gasteiger partial charge in [-0.25, -0.2) is 8.78 Å². The van der Waals surface area contributed by atoms with Crippen molar-refractivity contribution >= 4 is 5.78 Å². The Balaban J connectivity index is 1.68. The molecule has 1 aromatic carbocycles. The quantitative estimate of drug-likeness (QED) is 0.731. The van der Waals surface area contributed by atoms with Gasteiger partial charge in [-0.2, -0.15) is 0 Å². The molecule has 4 fully saturated rings. The van der Waals surface area contributed by atoms with Crippen molar-refractivity contribution in [1.29, 1.82) is 0 Å². The van der Waals surface area contributed by atoms with Crippen LogP contribution in [0.15, 0.2) is 12.1 Å². The van der Waals surface area contributed by atoms with Crippen LogP contribution in [0.2, 0.25) is 0 Å². The Morgan fingerprint density at radius 1 is 0.952 bits per heavy atom. The molecule has 1 aromatic rings. The highest BCUT2D eigenvalue weighted by atomic mass is 19.1. The zero-order valence-electron chi connectivity index (χ0n) is 12.2. The van der Waals surface area contributed by atoms with Crippen molar-refractivity contribution in [2.45, 2.75) is 39.0 Å². The van der Waals surface area contributed by atoms with E-state index in [0.29, 0.717) is 11.8 Å². The first kappa shape index (κ1) is 13.4. The second-order valence-electron chi connectivity index (χ2n) is 7.40. The lowest BCUT2D eigenvalue weighted by molar-refractivity contribution is -0.0252. The van der Waals surface area contributed by atoms with Crippen molar-refractivity contribution in [3.8, 4) is 0 Å². The van der Waals surface area contributed by atoms with E-state index >= 15 is 0 Å². The maximum Gasteiger partial charge on any atom is 0.169 e. The third-order valence-corrected chi connectivity index (χ3v) is 6.04. The molecule has 0 N–H and O–H groups in total. The molecule has 0 amide bonds. The first-order valence-corrected chi connectivity index (χ1v) is 8.02. The molecule has 0 atom stereocenters. The minimum Gasteiger partial charge on any atom is -0.294 e. The molecule has 21 heavy (non-hydrogen) atoms. The van der Waals surface area contributed by atoms with E-state index < -0.39 is 11.6 Å². The number of aryl methyl sites for hydroxylation is 1. The van der Waals surface area contributed by atoms with Gasteiger partial charge in [-0.3, -0.25) is 4.79 Å². The Hall–Kier alpha value is -1.25. The van der Waals surface area contributed by atoms with Crippen molar-refractivity contribution in [3.63, 3.8) is 0 Å². The van der Waals surface area contributed by atoms with E-state index in [1.54, 1.807) is 0 Å². The molecule has 0 spiro atoms. The number of benzene rings is 1. The van der Waals surface area contributed by atoms with Gasteiger partial charge in [0, 0.05) is 5.92 Å². The van der Waals surface area contributed by atoms with Gasteiger partial charge in [0.25, 0.3) is 0 Å². The Morgan fingerprint density at radius 2 is 1.52 bits per heavy atom.